The molecular formula is C20H17F3N2O5. The molecule has 0 saturated carbocycles. The molecule has 0 unspecified atom stereocenters. The van der Waals surface area contributed by atoms with Crippen LogP contribution in [-0.2, 0) is 10.9 Å². The third-order valence-corrected chi connectivity index (χ3v) is 4.30. The van der Waals surface area contributed by atoms with E-state index >= 15 is 0 Å². The molecule has 1 aromatic heterocycles. The van der Waals surface area contributed by atoms with Gasteiger partial charge in [0.05, 0.1) is 18.8 Å². The van der Waals surface area contributed by atoms with E-state index in [0.717, 1.165) is 6.07 Å². The highest BCUT2D eigenvalue weighted by Crippen LogP contribution is 2.36. The highest BCUT2D eigenvalue weighted by atomic mass is 19.4. The number of anilines is 1. The first-order chi connectivity index (χ1) is 14.2. The second-order valence-corrected chi connectivity index (χ2v) is 6.37. The first kappa shape index (κ1) is 21.3. The number of H-pyrrole nitrogens is 1. The molecule has 0 aliphatic carbocycles. The molecule has 2 aromatic carbocycles. The molecule has 10 heteroatoms. The van der Waals surface area contributed by atoms with Gasteiger partial charge in [-0.05, 0) is 29.7 Å². The third kappa shape index (κ3) is 4.61. The Morgan fingerprint density at radius 2 is 1.80 bits per heavy atom. The molecule has 158 valence electrons. The van der Waals surface area contributed by atoms with Gasteiger partial charge in [-0.25, -0.2) is 4.79 Å². The molecule has 7 nitrogen and oxygen atoms in total. The van der Waals surface area contributed by atoms with E-state index in [2.05, 4.69) is 10.3 Å². The van der Waals surface area contributed by atoms with Crippen LogP contribution < -0.4 is 10.9 Å². The minimum atomic E-state index is -4.59. The van der Waals surface area contributed by atoms with Crippen LogP contribution in [0.5, 0.6) is 0 Å². The van der Waals surface area contributed by atoms with Gasteiger partial charge in [0.25, 0.3) is 5.56 Å². The molecule has 0 spiro atoms. The van der Waals surface area contributed by atoms with E-state index in [1.807, 2.05) is 0 Å². The second-order valence-electron chi connectivity index (χ2n) is 6.37. The van der Waals surface area contributed by atoms with Crippen LogP contribution in [0.1, 0.15) is 5.56 Å². The lowest BCUT2D eigenvalue weighted by atomic mass is 10.0. The van der Waals surface area contributed by atoms with Crippen LogP contribution in [0.15, 0.2) is 53.3 Å². The Bertz CT molecular complexity index is 1120. The smallest absolute Gasteiger partial charge is 0.417 e. The summed E-state index contributed by atoms with van der Waals surface area (Å²) < 4.78 is 44.6. The summed E-state index contributed by atoms with van der Waals surface area (Å²) in [6.07, 6.45) is -6.63. The van der Waals surface area contributed by atoms with Crippen molar-refractivity contribution in [1.82, 2.24) is 4.98 Å². The monoisotopic (exact) mass is 422 g/mol. The summed E-state index contributed by atoms with van der Waals surface area (Å²) in [7, 11) is 0. The van der Waals surface area contributed by atoms with Crippen LogP contribution in [0, 0.1) is 0 Å². The molecule has 0 aliphatic rings. The topological polar surface area (TPSA) is 112 Å². The summed E-state index contributed by atoms with van der Waals surface area (Å²) in [6.45, 7) is -1.13. The standard InChI is InChI=1S/C20H17F3N2O5/c21-20(22,23)16-4-2-1-3-14(16)17-7-11-5-6-12(8-15(11)18(28)25-17)24-19(29)30-13(9-26)10-27/h1-8,13,26-27H,9-10H2,(H,24,29)(H,25,28). The van der Waals surface area contributed by atoms with E-state index in [9.17, 15) is 22.8 Å². The predicted molar refractivity (Wildman–Crippen MR) is 103 cm³/mol. The fourth-order valence-electron chi connectivity index (χ4n) is 2.88. The first-order valence-corrected chi connectivity index (χ1v) is 8.76. The van der Waals surface area contributed by atoms with Crippen molar-refractivity contribution in [2.24, 2.45) is 0 Å². The van der Waals surface area contributed by atoms with Crippen molar-refractivity contribution in [2.75, 3.05) is 18.5 Å². The van der Waals surface area contributed by atoms with Gasteiger partial charge in [-0.3, -0.25) is 10.1 Å². The van der Waals surface area contributed by atoms with E-state index in [1.54, 1.807) is 0 Å². The number of alkyl halides is 3. The predicted octanol–water partition coefficient (Wildman–Crippen LogP) is 3.12. The van der Waals surface area contributed by atoms with Crippen molar-refractivity contribution in [3.05, 3.63) is 64.4 Å². The Kier molecular flexibility index (Phi) is 6.09. The summed E-state index contributed by atoms with van der Waals surface area (Å²) in [5.41, 5.74) is -1.47. The number of aromatic nitrogens is 1. The van der Waals surface area contributed by atoms with E-state index < -0.39 is 42.7 Å². The third-order valence-electron chi connectivity index (χ3n) is 4.30. The van der Waals surface area contributed by atoms with Gasteiger partial charge in [-0.15, -0.1) is 0 Å². The number of amides is 1. The van der Waals surface area contributed by atoms with E-state index in [0.29, 0.717) is 5.39 Å². The van der Waals surface area contributed by atoms with E-state index in [4.69, 9.17) is 14.9 Å². The molecule has 1 heterocycles. The van der Waals surface area contributed by atoms with Crippen molar-refractivity contribution < 1.29 is 32.9 Å². The highest BCUT2D eigenvalue weighted by Gasteiger charge is 2.33. The van der Waals surface area contributed by atoms with Crippen LogP contribution in [0.4, 0.5) is 23.7 Å². The number of aromatic amines is 1. The average Bonchev–Trinajstić information content (AvgIpc) is 2.71. The Balaban J connectivity index is 1.95. The SMILES string of the molecule is O=C(Nc1ccc2cc(-c3ccccc3C(F)(F)F)[nH]c(=O)c2c1)OC(CO)CO. The van der Waals surface area contributed by atoms with Crippen molar-refractivity contribution >= 4 is 22.6 Å². The minimum Gasteiger partial charge on any atom is -0.441 e. The quantitative estimate of drug-likeness (QED) is 0.505. The molecule has 4 N–H and O–H groups in total. The Morgan fingerprint density at radius 1 is 1.10 bits per heavy atom. The number of rotatable bonds is 5. The van der Waals surface area contributed by atoms with Crippen LogP contribution >= 0.6 is 0 Å². The fourth-order valence-corrected chi connectivity index (χ4v) is 2.88. The Morgan fingerprint density at radius 3 is 2.47 bits per heavy atom. The summed E-state index contributed by atoms with van der Waals surface area (Å²) in [5.74, 6) is 0. The number of nitrogens with one attached hydrogen (secondary N) is 2. The molecule has 0 bridgehead atoms. The van der Waals surface area contributed by atoms with Gasteiger partial charge in [0.2, 0.25) is 0 Å². The van der Waals surface area contributed by atoms with Gasteiger partial charge in [-0.1, -0.05) is 24.3 Å². The number of halogens is 3. The van der Waals surface area contributed by atoms with E-state index in [-0.39, 0.29) is 22.3 Å². The van der Waals surface area contributed by atoms with Gasteiger partial charge < -0.3 is 19.9 Å². The first-order valence-electron chi connectivity index (χ1n) is 8.76. The number of aliphatic hydroxyl groups is 2. The molecule has 0 atom stereocenters. The number of ether oxygens (including phenoxy) is 1. The van der Waals surface area contributed by atoms with Gasteiger partial charge in [0.15, 0.2) is 0 Å². The zero-order valence-corrected chi connectivity index (χ0v) is 15.4. The lowest BCUT2D eigenvalue weighted by Crippen LogP contribution is -2.28. The highest BCUT2D eigenvalue weighted by molar-refractivity contribution is 5.92. The van der Waals surface area contributed by atoms with Crippen molar-refractivity contribution in [1.29, 1.82) is 0 Å². The summed E-state index contributed by atoms with van der Waals surface area (Å²) >= 11 is 0. The number of benzene rings is 2. The molecule has 0 radical (unpaired) electrons. The lowest BCUT2D eigenvalue weighted by Gasteiger charge is -2.14. The number of aliphatic hydroxyl groups excluding tert-OH is 2. The number of pyridine rings is 1. The summed E-state index contributed by atoms with van der Waals surface area (Å²) in [4.78, 5) is 26.7. The molecule has 3 rings (SSSR count). The van der Waals surface area contributed by atoms with Crippen LogP contribution in [0.25, 0.3) is 22.0 Å². The summed E-state index contributed by atoms with van der Waals surface area (Å²) in [5, 5.41) is 20.7. The van der Waals surface area contributed by atoms with Crippen molar-refractivity contribution in [3.63, 3.8) is 0 Å². The number of fused-ring (bicyclic) bond motifs is 1. The van der Waals surface area contributed by atoms with Gasteiger partial charge in [0.1, 0.15) is 6.10 Å². The molecular weight excluding hydrogens is 405 g/mol. The number of hydrogen-bond donors (Lipinski definition) is 4. The van der Waals surface area contributed by atoms with Crippen molar-refractivity contribution in [2.45, 2.75) is 12.3 Å². The molecule has 0 saturated heterocycles. The molecule has 30 heavy (non-hydrogen) atoms. The maximum atomic E-state index is 13.3. The lowest BCUT2D eigenvalue weighted by molar-refractivity contribution is -0.137. The molecule has 0 aliphatic heterocycles. The fraction of sp³-hybridized carbons (Fsp3) is 0.200. The maximum absolute atomic E-state index is 13.3. The van der Waals surface area contributed by atoms with Gasteiger partial charge in [-0.2, -0.15) is 13.2 Å². The van der Waals surface area contributed by atoms with Crippen LogP contribution in [0.3, 0.4) is 0 Å². The van der Waals surface area contributed by atoms with Crippen molar-refractivity contribution in [3.8, 4) is 11.3 Å². The molecule has 0 fully saturated rings. The number of hydrogen-bond acceptors (Lipinski definition) is 5. The number of carbonyl (C=O) groups excluding carboxylic acids is 1. The number of carbonyl (C=O) groups is 1. The normalized spacial score (nSPS) is 11.7. The van der Waals surface area contributed by atoms with Gasteiger partial charge >= 0.3 is 12.3 Å². The second kappa shape index (κ2) is 8.56. The zero-order valence-electron chi connectivity index (χ0n) is 15.4. The Labute approximate surface area is 167 Å². The molecule has 1 amide bonds. The van der Waals surface area contributed by atoms with Gasteiger partial charge in [0, 0.05) is 22.3 Å². The maximum Gasteiger partial charge on any atom is 0.417 e. The zero-order chi connectivity index (χ0) is 21.9. The van der Waals surface area contributed by atoms with Crippen LogP contribution in [-0.4, -0.2) is 40.6 Å². The van der Waals surface area contributed by atoms with Crippen LogP contribution in [0.2, 0.25) is 0 Å². The largest absolute Gasteiger partial charge is 0.441 e. The Hall–Kier alpha value is -3.37. The van der Waals surface area contributed by atoms with E-state index in [1.165, 1.54) is 42.5 Å². The minimum absolute atomic E-state index is 0.00859. The molecule has 3 aromatic rings. The average molecular weight is 422 g/mol. The summed E-state index contributed by atoms with van der Waals surface area (Å²) in [6, 6.07) is 10.6.